The molecule has 39 heavy (non-hydrogen) atoms. The standard InChI is InChI=1S/C26H36N2O8S3/c1-8-33-16-22-14-21(15-35-38(6,7)29)9-10-23(22)24-13-18(2)37-26(24)39(30,31)28(17-34-12-11-32-5)25-19(3)20(4)36-27-25/h9-10,13-14H,6,8,11-12,15-17H2,1-5,7H3. The third-order valence-corrected chi connectivity index (χ3v) is 9.64. The summed E-state index contributed by atoms with van der Waals surface area (Å²) in [4.78, 5) is 0.814. The summed E-state index contributed by atoms with van der Waals surface area (Å²) >= 11 is 1.17. The van der Waals surface area contributed by atoms with Crippen LogP contribution in [-0.2, 0) is 51.4 Å². The molecule has 13 heteroatoms. The molecule has 10 nitrogen and oxygen atoms in total. The van der Waals surface area contributed by atoms with Crippen LogP contribution in [0.25, 0.3) is 11.1 Å². The minimum atomic E-state index is -4.13. The van der Waals surface area contributed by atoms with Gasteiger partial charge in [0.15, 0.2) is 5.82 Å². The maximum atomic E-state index is 14.2. The van der Waals surface area contributed by atoms with Crippen molar-refractivity contribution in [1.82, 2.24) is 5.16 Å². The number of benzene rings is 1. The first-order valence-electron chi connectivity index (χ1n) is 12.2. The lowest BCUT2D eigenvalue weighted by atomic mass is 10.00. The highest BCUT2D eigenvalue weighted by Gasteiger charge is 2.34. The van der Waals surface area contributed by atoms with Crippen LogP contribution in [0.15, 0.2) is 33.0 Å². The van der Waals surface area contributed by atoms with Gasteiger partial charge in [0.1, 0.15) is 16.7 Å². The van der Waals surface area contributed by atoms with Crippen molar-refractivity contribution in [2.45, 2.75) is 45.1 Å². The fourth-order valence-electron chi connectivity index (χ4n) is 3.67. The third kappa shape index (κ3) is 7.91. The van der Waals surface area contributed by atoms with E-state index in [1.165, 1.54) is 17.6 Å². The average Bonchev–Trinajstić information content (AvgIpc) is 3.43. The largest absolute Gasteiger partial charge is 0.382 e. The number of methoxy groups -OCH3 is 1. The van der Waals surface area contributed by atoms with Crippen molar-refractivity contribution < 1.29 is 35.5 Å². The van der Waals surface area contributed by atoms with E-state index in [0.29, 0.717) is 35.7 Å². The molecule has 3 rings (SSSR count). The van der Waals surface area contributed by atoms with Gasteiger partial charge in [-0.3, -0.25) is 4.18 Å². The zero-order valence-electron chi connectivity index (χ0n) is 23.1. The number of thiophene rings is 1. The zero-order chi connectivity index (χ0) is 28.8. The van der Waals surface area contributed by atoms with E-state index in [0.717, 1.165) is 20.3 Å². The van der Waals surface area contributed by atoms with E-state index in [-0.39, 0.29) is 36.6 Å². The molecule has 3 aromatic rings. The molecule has 0 N–H and O–H groups in total. The van der Waals surface area contributed by atoms with Crippen LogP contribution in [0.5, 0.6) is 0 Å². The van der Waals surface area contributed by atoms with Gasteiger partial charge in [-0.05, 0) is 56.3 Å². The molecule has 0 aliphatic carbocycles. The summed E-state index contributed by atoms with van der Waals surface area (Å²) in [5.41, 5.74) is 3.38. The zero-order valence-corrected chi connectivity index (χ0v) is 25.6. The molecule has 0 bridgehead atoms. The Morgan fingerprint density at radius 2 is 1.79 bits per heavy atom. The van der Waals surface area contributed by atoms with Crippen LogP contribution in [0.2, 0.25) is 0 Å². The molecule has 0 spiro atoms. The van der Waals surface area contributed by atoms with Gasteiger partial charge in [-0.1, -0.05) is 23.4 Å². The van der Waals surface area contributed by atoms with Crippen LogP contribution in [-0.4, -0.2) is 63.6 Å². The van der Waals surface area contributed by atoms with Gasteiger partial charge in [0.05, 0.1) is 36.2 Å². The Labute approximate surface area is 235 Å². The van der Waals surface area contributed by atoms with Gasteiger partial charge in [-0.2, -0.15) is 0 Å². The van der Waals surface area contributed by atoms with Crippen molar-refractivity contribution in [3.63, 3.8) is 0 Å². The molecule has 0 saturated heterocycles. The first-order chi connectivity index (χ1) is 18.4. The van der Waals surface area contributed by atoms with E-state index in [1.54, 1.807) is 21.0 Å². The molecule has 0 fully saturated rings. The minimum Gasteiger partial charge on any atom is -0.382 e. The fourth-order valence-corrected chi connectivity index (χ4v) is 7.15. The number of hydrogen-bond acceptors (Lipinski definition) is 10. The fraction of sp³-hybridized carbons (Fsp3) is 0.462. The van der Waals surface area contributed by atoms with Crippen LogP contribution >= 0.6 is 11.3 Å². The van der Waals surface area contributed by atoms with Gasteiger partial charge >= 0.3 is 0 Å². The number of rotatable bonds is 15. The Hall–Kier alpha value is -2.26. The number of ether oxygens (including phenoxy) is 3. The SMILES string of the molecule is C=S(C)(=O)OCc1ccc(-c2cc(C)sc2S(=O)(=O)N(COCCOC)c2noc(C)c2C)c(COCC)c1. The van der Waals surface area contributed by atoms with E-state index in [2.05, 4.69) is 11.0 Å². The summed E-state index contributed by atoms with van der Waals surface area (Å²) in [6, 6.07) is 7.36. The molecule has 0 saturated carbocycles. The van der Waals surface area contributed by atoms with E-state index < -0.39 is 19.8 Å². The van der Waals surface area contributed by atoms with Gasteiger partial charge in [0.25, 0.3) is 10.0 Å². The lowest BCUT2D eigenvalue weighted by Crippen LogP contribution is -2.34. The first-order valence-corrected chi connectivity index (χ1v) is 16.5. The van der Waals surface area contributed by atoms with Gasteiger partial charge in [0, 0.05) is 36.0 Å². The average molecular weight is 601 g/mol. The molecule has 0 amide bonds. The maximum Gasteiger partial charge on any atom is 0.277 e. The van der Waals surface area contributed by atoms with Gasteiger partial charge in [-0.15, -0.1) is 11.3 Å². The molecule has 216 valence electrons. The minimum absolute atomic E-state index is 0.101. The monoisotopic (exact) mass is 600 g/mol. The first kappa shape index (κ1) is 31.3. The highest BCUT2D eigenvalue weighted by Crippen LogP contribution is 2.40. The third-order valence-electron chi connectivity index (χ3n) is 5.75. The van der Waals surface area contributed by atoms with E-state index in [9.17, 15) is 12.6 Å². The van der Waals surface area contributed by atoms with Crippen molar-refractivity contribution in [2.75, 3.05) is 44.2 Å². The van der Waals surface area contributed by atoms with Crippen LogP contribution < -0.4 is 4.31 Å². The Balaban J connectivity index is 2.10. The highest BCUT2D eigenvalue weighted by molar-refractivity contribution is 7.95. The Morgan fingerprint density at radius 1 is 1.05 bits per heavy atom. The van der Waals surface area contributed by atoms with E-state index in [4.69, 9.17) is 22.9 Å². The Morgan fingerprint density at radius 3 is 2.41 bits per heavy atom. The topological polar surface area (TPSA) is 117 Å². The van der Waals surface area contributed by atoms with E-state index >= 15 is 0 Å². The maximum absolute atomic E-state index is 14.2. The Bertz CT molecular complexity index is 1480. The summed E-state index contributed by atoms with van der Waals surface area (Å²) in [6.45, 7) is 8.30. The number of aryl methyl sites for hydroxylation is 2. The number of hydrogen-bond donors (Lipinski definition) is 0. The van der Waals surface area contributed by atoms with Crippen LogP contribution in [0.4, 0.5) is 5.82 Å². The predicted octanol–water partition coefficient (Wildman–Crippen LogP) is 4.46. The number of aromatic nitrogens is 1. The molecule has 2 aromatic heterocycles. The number of nitrogens with zero attached hydrogens (tertiary/aromatic N) is 2. The summed E-state index contributed by atoms with van der Waals surface area (Å²) in [5, 5.41) is 4.03. The van der Waals surface area contributed by atoms with Crippen LogP contribution in [0, 0.1) is 20.8 Å². The molecule has 0 radical (unpaired) electrons. The Kier molecular flexibility index (Phi) is 10.7. The van der Waals surface area contributed by atoms with Crippen molar-refractivity contribution in [2.24, 2.45) is 0 Å². The molecule has 0 aliphatic heterocycles. The normalized spacial score (nSPS) is 13.5. The second kappa shape index (κ2) is 13.4. The summed E-state index contributed by atoms with van der Waals surface area (Å²) in [7, 11) is -5.23. The van der Waals surface area contributed by atoms with Crippen molar-refractivity contribution in [3.05, 3.63) is 51.6 Å². The van der Waals surface area contributed by atoms with Gasteiger partial charge in [-0.25, -0.2) is 16.9 Å². The molecular formula is C26H36N2O8S3. The molecular weight excluding hydrogens is 564 g/mol. The van der Waals surface area contributed by atoms with Crippen molar-refractivity contribution in [3.8, 4) is 11.1 Å². The second-order valence-corrected chi connectivity index (χ2v) is 14.3. The quantitative estimate of drug-likeness (QED) is 0.142. The lowest BCUT2D eigenvalue weighted by molar-refractivity contribution is 0.0753. The molecule has 2 heterocycles. The van der Waals surface area contributed by atoms with Crippen LogP contribution in [0.3, 0.4) is 0 Å². The molecule has 1 atom stereocenters. The van der Waals surface area contributed by atoms with Crippen LogP contribution in [0.1, 0.15) is 34.3 Å². The molecule has 1 unspecified atom stereocenters. The highest BCUT2D eigenvalue weighted by atomic mass is 32.2. The van der Waals surface area contributed by atoms with Crippen molar-refractivity contribution in [1.29, 1.82) is 0 Å². The van der Waals surface area contributed by atoms with Gasteiger partial charge in [0.2, 0.25) is 0 Å². The summed E-state index contributed by atoms with van der Waals surface area (Å²) < 4.78 is 68.7. The molecule has 0 aliphatic rings. The number of sulfonamides is 1. The second-order valence-electron chi connectivity index (χ2n) is 8.95. The van der Waals surface area contributed by atoms with Crippen molar-refractivity contribution >= 4 is 42.9 Å². The summed E-state index contributed by atoms with van der Waals surface area (Å²) in [5.74, 6) is 4.21. The lowest BCUT2D eigenvalue weighted by Gasteiger charge is -2.22. The number of anilines is 1. The van der Waals surface area contributed by atoms with Gasteiger partial charge < -0.3 is 18.7 Å². The molecule has 1 aromatic carbocycles. The van der Waals surface area contributed by atoms with E-state index in [1.807, 2.05) is 38.1 Å². The summed E-state index contributed by atoms with van der Waals surface area (Å²) in [6.07, 6.45) is 1.43. The smallest absolute Gasteiger partial charge is 0.277 e. The predicted molar refractivity (Wildman–Crippen MR) is 154 cm³/mol.